The van der Waals surface area contributed by atoms with Gasteiger partial charge in [-0.2, -0.15) is 0 Å². The third-order valence-electron chi connectivity index (χ3n) is 3.59. The van der Waals surface area contributed by atoms with Gasteiger partial charge >= 0.3 is 0 Å². The number of hydrogen-bond acceptors (Lipinski definition) is 2. The second kappa shape index (κ2) is 8.04. The predicted molar refractivity (Wildman–Crippen MR) is 103 cm³/mol. The van der Waals surface area contributed by atoms with E-state index in [1.54, 1.807) is 0 Å². The van der Waals surface area contributed by atoms with Crippen molar-refractivity contribution in [2.45, 2.75) is 45.8 Å². The maximum absolute atomic E-state index is 6.06. The molecular weight excluding hydrogens is 389 g/mol. The fourth-order valence-electron chi connectivity index (χ4n) is 2.59. The van der Waals surface area contributed by atoms with E-state index in [0.717, 1.165) is 24.7 Å². The predicted octanol–water partition coefficient (Wildman–Crippen LogP) is 3.73. The molecular formula is C17H28IN3O. The Bertz CT molecular complexity index is 514. The van der Waals surface area contributed by atoms with Crippen LogP contribution in [0.1, 0.15) is 45.7 Å². The molecule has 2 rings (SSSR count). The summed E-state index contributed by atoms with van der Waals surface area (Å²) in [5.41, 5.74) is 1.02. The van der Waals surface area contributed by atoms with Gasteiger partial charge in [0.05, 0.1) is 6.04 Å². The molecule has 124 valence electrons. The zero-order valence-corrected chi connectivity index (χ0v) is 16.5. The highest BCUT2D eigenvalue weighted by molar-refractivity contribution is 14.0. The monoisotopic (exact) mass is 417 g/mol. The SMILES string of the molecule is CN=C(NCC(C)C)NC1CC(C)(C)Oc2ccccc21.I. The highest BCUT2D eigenvalue weighted by Crippen LogP contribution is 2.39. The molecule has 0 aliphatic carbocycles. The molecule has 22 heavy (non-hydrogen) atoms. The van der Waals surface area contributed by atoms with Crippen LogP contribution in [-0.4, -0.2) is 25.2 Å². The van der Waals surface area contributed by atoms with Gasteiger partial charge in [-0.15, -0.1) is 24.0 Å². The lowest BCUT2D eigenvalue weighted by atomic mass is 9.90. The van der Waals surface area contributed by atoms with E-state index in [2.05, 4.69) is 55.5 Å². The number of benzene rings is 1. The lowest BCUT2D eigenvalue weighted by Gasteiger charge is -2.38. The minimum Gasteiger partial charge on any atom is -0.487 e. The minimum atomic E-state index is -0.178. The molecule has 0 spiro atoms. The second-order valence-corrected chi connectivity index (χ2v) is 6.65. The average molecular weight is 417 g/mol. The van der Waals surface area contributed by atoms with Crippen molar-refractivity contribution in [1.29, 1.82) is 0 Å². The summed E-state index contributed by atoms with van der Waals surface area (Å²) in [6, 6.07) is 8.44. The summed E-state index contributed by atoms with van der Waals surface area (Å²) in [5.74, 6) is 2.40. The van der Waals surface area contributed by atoms with Crippen LogP contribution in [0.2, 0.25) is 0 Å². The van der Waals surface area contributed by atoms with Gasteiger partial charge in [-0.25, -0.2) is 0 Å². The Hall–Kier alpha value is -0.980. The Morgan fingerprint density at radius 3 is 2.68 bits per heavy atom. The maximum Gasteiger partial charge on any atom is 0.191 e. The first-order valence-electron chi connectivity index (χ1n) is 7.66. The first-order chi connectivity index (χ1) is 9.91. The molecule has 1 heterocycles. The Labute approximate surface area is 151 Å². The average Bonchev–Trinajstić information content (AvgIpc) is 2.41. The zero-order chi connectivity index (χ0) is 15.5. The van der Waals surface area contributed by atoms with Crippen molar-refractivity contribution in [2.75, 3.05) is 13.6 Å². The van der Waals surface area contributed by atoms with Gasteiger partial charge in [0.1, 0.15) is 11.4 Å². The van der Waals surface area contributed by atoms with Crippen LogP contribution in [0.4, 0.5) is 0 Å². The maximum atomic E-state index is 6.06. The fraction of sp³-hybridized carbons (Fsp3) is 0.588. The molecule has 0 saturated heterocycles. The van der Waals surface area contributed by atoms with Crippen LogP contribution in [0.25, 0.3) is 0 Å². The fourth-order valence-corrected chi connectivity index (χ4v) is 2.59. The third kappa shape index (κ3) is 5.04. The van der Waals surface area contributed by atoms with E-state index in [1.807, 2.05) is 19.2 Å². The lowest BCUT2D eigenvalue weighted by Crippen LogP contribution is -2.46. The normalized spacial score (nSPS) is 19.7. The van der Waals surface area contributed by atoms with Crippen LogP contribution < -0.4 is 15.4 Å². The van der Waals surface area contributed by atoms with Crippen LogP contribution in [-0.2, 0) is 0 Å². The molecule has 0 aromatic heterocycles. The van der Waals surface area contributed by atoms with Gasteiger partial charge in [0.2, 0.25) is 0 Å². The second-order valence-electron chi connectivity index (χ2n) is 6.65. The zero-order valence-electron chi connectivity index (χ0n) is 14.1. The summed E-state index contributed by atoms with van der Waals surface area (Å²) in [6.45, 7) is 9.54. The molecule has 1 aliphatic rings. The molecule has 1 aliphatic heterocycles. The lowest BCUT2D eigenvalue weighted by molar-refractivity contribution is 0.0694. The summed E-state index contributed by atoms with van der Waals surface area (Å²) in [6.07, 6.45) is 0.909. The van der Waals surface area contributed by atoms with Gasteiger partial charge in [-0.3, -0.25) is 4.99 Å². The van der Waals surface area contributed by atoms with Gasteiger partial charge in [0.15, 0.2) is 5.96 Å². The van der Waals surface area contributed by atoms with Crippen LogP contribution in [0.5, 0.6) is 5.75 Å². The smallest absolute Gasteiger partial charge is 0.191 e. The van der Waals surface area contributed by atoms with Gasteiger partial charge in [0.25, 0.3) is 0 Å². The molecule has 1 aromatic rings. The summed E-state index contributed by atoms with van der Waals surface area (Å²) in [4.78, 5) is 4.33. The highest BCUT2D eigenvalue weighted by Gasteiger charge is 2.33. The number of aliphatic imine (C=N–C) groups is 1. The first-order valence-corrected chi connectivity index (χ1v) is 7.66. The van der Waals surface area contributed by atoms with Crippen molar-refractivity contribution < 1.29 is 4.74 Å². The number of halogens is 1. The van der Waals surface area contributed by atoms with Crippen molar-refractivity contribution >= 4 is 29.9 Å². The summed E-state index contributed by atoms with van der Waals surface area (Å²) < 4.78 is 6.06. The van der Waals surface area contributed by atoms with Crippen molar-refractivity contribution in [3.05, 3.63) is 29.8 Å². The summed E-state index contributed by atoms with van der Waals surface area (Å²) in [5, 5.41) is 6.90. The van der Waals surface area contributed by atoms with Crippen LogP contribution in [0.3, 0.4) is 0 Å². The van der Waals surface area contributed by atoms with Crippen molar-refractivity contribution in [3.8, 4) is 5.75 Å². The molecule has 0 bridgehead atoms. The van der Waals surface area contributed by atoms with Crippen molar-refractivity contribution in [3.63, 3.8) is 0 Å². The first kappa shape index (κ1) is 19.1. The molecule has 4 nitrogen and oxygen atoms in total. The number of ether oxygens (including phenoxy) is 1. The Morgan fingerprint density at radius 1 is 1.36 bits per heavy atom. The molecule has 1 aromatic carbocycles. The number of guanidine groups is 1. The van der Waals surface area contributed by atoms with Crippen LogP contribution >= 0.6 is 24.0 Å². The van der Waals surface area contributed by atoms with Gasteiger partial charge in [-0.05, 0) is 25.8 Å². The van der Waals surface area contributed by atoms with E-state index < -0.39 is 0 Å². The molecule has 0 saturated carbocycles. The van der Waals surface area contributed by atoms with E-state index in [0.29, 0.717) is 5.92 Å². The highest BCUT2D eigenvalue weighted by atomic mass is 127. The molecule has 2 N–H and O–H groups in total. The van der Waals surface area contributed by atoms with Crippen molar-refractivity contribution in [1.82, 2.24) is 10.6 Å². The number of nitrogens with one attached hydrogen (secondary N) is 2. The quantitative estimate of drug-likeness (QED) is 0.448. The topological polar surface area (TPSA) is 45.7 Å². The largest absolute Gasteiger partial charge is 0.487 e. The number of fused-ring (bicyclic) bond motifs is 1. The van der Waals surface area contributed by atoms with E-state index in [9.17, 15) is 0 Å². The van der Waals surface area contributed by atoms with Gasteiger partial charge < -0.3 is 15.4 Å². The summed E-state index contributed by atoms with van der Waals surface area (Å²) >= 11 is 0. The Morgan fingerprint density at radius 2 is 2.05 bits per heavy atom. The van der Waals surface area contributed by atoms with Crippen LogP contribution in [0, 0.1) is 5.92 Å². The molecule has 0 fully saturated rings. The standard InChI is InChI=1S/C17H27N3O.HI/c1-12(2)11-19-16(18-5)20-14-10-17(3,4)21-15-9-7-6-8-13(14)15;/h6-9,12,14H,10-11H2,1-5H3,(H2,18,19,20);1H. The van der Waals surface area contributed by atoms with E-state index in [-0.39, 0.29) is 35.6 Å². The third-order valence-corrected chi connectivity index (χ3v) is 3.59. The molecule has 5 heteroatoms. The molecule has 0 amide bonds. The Kier molecular flexibility index (Phi) is 6.97. The molecule has 1 atom stereocenters. The number of rotatable bonds is 3. The number of nitrogens with zero attached hydrogens (tertiary/aromatic N) is 1. The van der Waals surface area contributed by atoms with Gasteiger partial charge in [-0.1, -0.05) is 32.0 Å². The number of hydrogen-bond donors (Lipinski definition) is 2. The van der Waals surface area contributed by atoms with E-state index in [4.69, 9.17) is 4.74 Å². The molecule has 0 radical (unpaired) electrons. The van der Waals surface area contributed by atoms with E-state index in [1.165, 1.54) is 5.56 Å². The van der Waals surface area contributed by atoms with Crippen molar-refractivity contribution in [2.24, 2.45) is 10.9 Å². The minimum absolute atomic E-state index is 0. The molecule has 1 unspecified atom stereocenters. The Balaban J connectivity index is 0.00000242. The van der Waals surface area contributed by atoms with Crippen LogP contribution in [0.15, 0.2) is 29.3 Å². The van der Waals surface area contributed by atoms with Gasteiger partial charge in [0, 0.05) is 25.6 Å². The number of para-hydroxylation sites is 1. The summed E-state index contributed by atoms with van der Waals surface area (Å²) in [7, 11) is 1.81. The van der Waals surface area contributed by atoms with E-state index >= 15 is 0 Å².